The van der Waals surface area contributed by atoms with Crippen LogP contribution in [0.15, 0.2) is 34.8 Å². The summed E-state index contributed by atoms with van der Waals surface area (Å²) in [5.41, 5.74) is 0.418. The molecule has 106 valence electrons. The summed E-state index contributed by atoms with van der Waals surface area (Å²) in [7, 11) is 1.60. The van der Waals surface area contributed by atoms with Crippen LogP contribution in [0.1, 0.15) is 17.2 Å². The van der Waals surface area contributed by atoms with Crippen LogP contribution in [-0.4, -0.2) is 7.05 Å². The number of benzene rings is 2. The molecule has 0 fully saturated rings. The van der Waals surface area contributed by atoms with Gasteiger partial charge in [0.1, 0.15) is 11.6 Å². The van der Waals surface area contributed by atoms with E-state index in [0.29, 0.717) is 9.50 Å². The molecule has 1 atom stereocenters. The molecule has 0 aliphatic carbocycles. The Hall–Kier alpha value is -0.680. The van der Waals surface area contributed by atoms with Crippen LogP contribution < -0.4 is 5.32 Å². The summed E-state index contributed by atoms with van der Waals surface area (Å²) in [6.45, 7) is 0. The Morgan fingerprint density at radius 3 is 2.40 bits per heavy atom. The molecule has 1 unspecified atom stereocenters. The Kier molecular flexibility index (Phi) is 5.02. The van der Waals surface area contributed by atoms with Crippen molar-refractivity contribution < 1.29 is 8.78 Å². The van der Waals surface area contributed by atoms with Crippen molar-refractivity contribution in [1.82, 2.24) is 5.32 Å². The van der Waals surface area contributed by atoms with E-state index in [9.17, 15) is 8.78 Å². The first-order valence-electron chi connectivity index (χ1n) is 5.71. The molecule has 0 aliphatic rings. The fraction of sp³-hybridized carbons (Fsp3) is 0.143. The maximum atomic E-state index is 14.1. The molecule has 0 heterocycles. The molecule has 1 nitrogen and oxygen atoms in total. The summed E-state index contributed by atoms with van der Waals surface area (Å²) < 4.78 is 28.6. The highest BCUT2D eigenvalue weighted by atomic mass is 79.9. The van der Waals surface area contributed by atoms with Crippen molar-refractivity contribution in [3.05, 3.63) is 67.6 Å². The third kappa shape index (κ3) is 2.98. The van der Waals surface area contributed by atoms with E-state index >= 15 is 0 Å². The molecular formula is C14H10BrCl2F2N. The van der Waals surface area contributed by atoms with Crippen LogP contribution >= 0.6 is 39.1 Å². The number of hydrogen-bond acceptors (Lipinski definition) is 1. The Labute approximate surface area is 134 Å². The molecule has 2 rings (SSSR count). The van der Waals surface area contributed by atoms with Crippen LogP contribution in [-0.2, 0) is 0 Å². The molecule has 0 radical (unpaired) electrons. The largest absolute Gasteiger partial charge is 0.309 e. The van der Waals surface area contributed by atoms with Crippen LogP contribution in [0.2, 0.25) is 10.0 Å². The molecule has 0 saturated heterocycles. The summed E-state index contributed by atoms with van der Waals surface area (Å²) in [6, 6.07) is 6.31. The first-order valence-corrected chi connectivity index (χ1v) is 7.26. The third-order valence-electron chi connectivity index (χ3n) is 2.93. The summed E-state index contributed by atoms with van der Waals surface area (Å²) in [5.74, 6) is -1.00. The minimum Gasteiger partial charge on any atom is -0.309 e. The van der Waals surface area contributed by atoms with Gasteiger partial charge >= 0.3 is 0 Å². The fourth-order valence-electron chi connectivity index (χ4n) is 2.00. The monoisotopic (exact) mass is 379 g/mol. The predicted octanol–water partition coefficient (Wildman–Crippen LogP) is 5.34. The smallest absolute Gasteiger partial charge is 0.129 e. The summed E-state index contributed by atoms with van der Waals surface area (Å²) in [6.07, 6.45) is 0. The molecule has 2 aromatic rings. The van der Waals surface area contributed by atoms with Crippen molar-refractivity contribution in [3.63, 3.8) is 0 Å². The second-order valence-corrected chi connectivity index (χ2v) is 5.81. The number of nitrogens with one attached hydrogen (secondary N) is 1. The van der Waals surface area contributed by atoms with E-state index in [0.717, 1.165) is 0 Å². The first-order chi connectivity index (χ1) is 9.45. The van der Waals surface area contributed by atoms with E-state index < -0.39 is 17.7 Å². The van der Waals surface area contributed by atoms with E-state index in [1.54, 1.807) is 13.1 Å². The van der Waals surface area contributed by atoms with Gasteiger partial charge in [0.2, 0.25) is 0 Å². The lowest BCUT2D eigenvalue weighted by Gasteiger charge is -2.20. The predicted molar refractivity (Wildman–Crippen MR) is 81.4 cm³/mol. The second-order valence-electron chi connectivity index (χ2n) is 4.14. The second kappa shape index (κ2) is 6.39. The van der Waals surface area contributed by atoms with E-state index in [1.165, 1.54) is 24.3 Å². The lowest BCUT2D eigenvalue weighted by atomic mass is 9.97. The highest BCUT2D eigenvalue weighted by Gasteiger charge is 2.23. The zero-order valence-corrected chi connectivity index (χ0v) is 13.5. The average molecular weight is 381 g/mol. The lowest BCUT2D eigenvalue weighted by Crippen LogP contribution is -2.20. The summed E-state index contributed by atoms with van der Waals surface area (Å²) >= 11 is 15.2. The molecule has 6 heteroatoms. The van der Waals surface area contributed by atoms with Gasteiger partial charge in [-0.3, -0.25) is 0 Å². The molecule has 0 aliphatic heterocycles. The molecule has 0 bridgehead atoms. The molecule has 0 aromatic heterocycles. The van der Waals surface area contributed by atoms with E-state index in [4.69, 9.17) is 23.2 Å². The van der Waals surface area contributed by atoms with Gasteiger partial charge in [0.15, 0.2) is 0 Å². The summed E-state index contributed by atoms with van der Waals surface area (Å²) in [5, 5.41) is 3.43. The van der Waals surface area contributed by atoms with Crippen LogP contribution in [0.3, 0.4) is 0 Å². The van der Waals surface area contributed by atoms with Crippen molar-refractivity contribution in [2.24, 2.45) is 0 Å². The molecule has 0 amide bonds. The highest BCUT2D eigenvalue weighted by molar-refractivity contribution is 9.10. The minimum absolute atomic E-state index is 0.189. The topological polar surface area (TPSA) is 12.0 Å². The SMILES string of the molecule is CNC(c1cc(Cl)c(Br)cc1F)c1c(F)cccc1Cl. The third-order valence-corrected chi connectivity index (χ3v) is 4.45. The Morgan fingerprint density at radius 2 is 1.80 bits per heavy atom. The molecule has 0 spiro atoms. The molecule has 1 N–H and O–H groups in total. The average Bonchev–Trinajstić information content (AvgIpc) is 2.39. The summed E-state index contributed by atoms with van der Waals surface area (Å²) in [4.78, 5) is 0. The van der Waals surface area contributed by atoms with Gasteiger partial charge in [-0.1, -0.05) is 29.3 Å². The van der Waals surface area contributed by atoms with Gasteiger partial charge in [-0.15, -0.1) is 0 Å². The van der Waals surface area contributed by atoms with Crippen molar-refractivity contribution >= 4 is 39.1 Å². The molecular weight excluding hydrogens is 371 g/mol. The fourth-order valence-corrected chi connectivity index (χ4v) is 2.76. The van der Waals surface area contributed by atoms with Gasteiger partial charge in [-0.25, -0.2) is 8.78 Å². The van der Waals surface area contributed by atoms with Gasteiger partial charge in [-0.05, 0) is 47.2 Å². The highest BCUT2D eigenvalue weighted by Crippen LogP contribution is 2.35. The molecule has 2 aromatic carbocycles. The van der Waals surface area contributed by atoms with E-state index in [2.05, 4.69) is 21.2 Å². The quantitative estimate of drug-likeness (QED) is 0.708. The maximum absolute atomic E-state index is 14.1. The van der Waals surface area contributed by atoms with Gasteiger partial charge in [0.25, 0.3) is 0 Å². The Bertz CT molecular complexity index is 629. The van der Waals surface area contributed by atoms with Crippen LogP contribution in [0.4, 0.5) is 8.78 Å². The zero-order valence-electron chi connectivity index (χ0n) is 10.4. The van der Waals surface area contributed by atoms with Crippen molar-refractivity contribution in [2.45, 2.75) is 6.04 Å². The maximum Gasteiger partial charge on any atom is 0.129 e. The van der Waals surface area contributed by atoms with Crippen molar-refractivity contribution in [3.8, 4) is 0 Å². The van der Waals surface area contributed by atoms with Gasteiger partial charge in [0, 0.05) is 20.6 Å². The Morgan fingerprint density at radius 1 is 1.10 bits per heavy atom. The van der Waals surface area contributed by atoms with E-state index in [1.807, 2.05) is 0 Å². The number of hydrogen-bond donors (Lipinski definition) is 1. The lowest BCUT2D eigenvalue weighted by molar-refractivity contribution is 0.547. The number of halogens is 5. The zero-order chi connectivity index (χ0) is 14.9. The van der Waals surface area contributed by atoms with E-state index in [-0.39, 0.29) is 16.1 Å². The van der Waals surface area contributed by atoms with Crippen LogP contribution in [0, 0.1) is 11.6 Å². The van der Waals surface area contributed by atoms with Crippen LogP contribution in [0.25, 0.3) is 0 Å². The first kappa shape index (κ1) is 15.7. The Balaban J connectivity index is 2.62. The van der Waals surface area contributed by atoms with Crippen molar-refractivity contribution in [1.29, 1.82) is 0 Å². The number of rotatable bonds is 3. The van der Waals surface area contributed by atoms with Gasteiger partial charge < -0.3 is 5.32 Å². The molecule has 0 saturated carbocycles. The van der Waals surface area contributed by atoms with Crippen LogP contribution in [0.5, 0.6) is 0 Å². The standard InChI is InChI=1S/C14H10BrCl2F2N/c1-20-14(13-9(16)3-2-4-11(13)18)7-5-10(17)8(15)6-12(7)19/h2-6,14,20H,1H3. The van der Waals surface area contributed by atoms with Gasteiger partial charge in [0.05, 0.1) is 11.1 Å². The molecule has 20 heavy (non-hydrogen) atoms. The van der Waals surface area contributed by atoms with Gasteiger partial charge in [-0.2, -0.15) is 0 Å². The van der Waals surface area contributed by atoms with Crippen molar-refractivity contribution in [2.75, 3.05) is 7.05 Å². The normalized spacial score (nSPS) is 12.5. The minimum atomic E-state index is -0.728.